The Kier molecular flexibility index (Phi) is 4.61. The van der Waals surface area contributed by atoms with Crippen LogP contribution >= 0.6 is 0 Å². The average Bonchev–Trinajstić information content (AvgIpc) is 3.23. The topological polar surface area (TPSA) is 84.0 Å². The van der Waals surface area contributed by atoms with E-state index in [1.807, 2.05) is 34.9 Å². The second kappa shape index (κ2) is 7.37. The summed E-state index contributed by atoms with van der Waals surface area (Å²) in [6, 6.07) is 17.3. The van der Waals surface area contributed by atoms with E-state index in [0.29, 0.717) is 25.1 Å². The summed E-state index contributed by atoms with van der Waals surface area (Å²) >= 11 is 0. The van der Waals surface area contributed by atoms with Crippen molar-refractivity contribution in [3.8, 4) is 5.75 Å². The largest absolute Gasteiger partial charge is 0.508 e. The Bertz CT molecular complexity index is 1090. The Balaban J connectivity index is 1.68. The van der Waals surface area contributed by atoms with Crippen LogP contribution in [0.2, 0.25) is 0 Å². The van der Waals surface area contributed by atoms with E-state index in [1.54, 1.807) is 24.7 Å². The molecule has 0 aliphatic rings. The van der Waals surface area contributed by atoms with Crippen molar-refractivity contribution in [1.29, 1.82) is 0 Å². The molecule has 0 saturated heterocycles. The quantitative estimate of drug-likeness (QED) is 0.553. The fraction of sp³-hybridized carbons (Fsp3) is 0.143. The smallest absolute Gasteiger partial charge is 0.416 e. The molecule has 2 N–H and O–H groups in total. The van der Waals surface area contributed by atoms with Crippen LogP contribution in [0.5, 0.6) is 5.75 Å². The van der Waals surface area contributed by atoms with Crippen LogP contribution in [0.25, 0.3) is 0 Å². The Hall–Kier alpha value is -3.54. The van der Waals surface area contributed by atoms with Gasteiger partial charge in [-0.25, -0.2) is 9.78 Å². The summed E-state index contributed by atoms with van der Waals surface area (Å²) in [5, 5.41) is 9.72. The number of aromatic hydroxyl groups is 1. The van der Waals surface area contributed by atoms with Gasteiger partial charge in [0.05, 0.1) is 12.0 Å². The molecule has 0 amide bonds. The zero-order valence-corrected chi connectivity index (χ0v) is 14.6. The highest BCUT2D eigenvalue weighted by Crippen LogP contribution is 2.19. The highest BCUT2D eigenvalue weighted by Gasteiger charge is 2.15. The first-order chi connectivity index (χ1) is 13.2. The summed E-state index contributed by atoms with van der Waals surface area (Å²) in [6.45, 7) is 0.570. The van der Waals surface area contributed by atoms with Crippen LogP contribution in [0.4, 0.5) is 0 Å². The van der Waals surface area contributed by atoms with Gasteiger partial charge in [0, 0.05) is 31.3 Å². The zero-order chi connectivity index (χ0) is 18.6. The minimum atomic E-state index is -0.464. The maximum atomic E-state index is 11.3. The van der Waals surface area contributed by atoms with Gasteiger partial charge >= 0.3 is 5.76 Å². The first-order valence-corrected chi connectivity index (χ1v) is 8.69. The van der Waals surface area contributed by atoms with E-state index in [0.717, 1.165) is 22.5 Å². The predicted octanol–water partition coefficient (Wildman–Crippen LogP) is 3.10. The number of imidazole rings is 1. The molecule has 2 aromatic heterocycles. The third-order valence-corrected chi connectivity index (χ3v) is 4.43. The van der Waals surface area contributed by atoms with Gasteiger partial charge in [0.25, 0.3) is 0 Å². The van der Waals surface area contributed by atoms with Crippen LogP contribution < -0.4 is 5.76 Å². The molecular weight excluding hydrogens is 342 g/mol. The number of hydrogen-bond donors (Lipinski definition) is 2. The van der Waals surface area contributed by atoms with Gasteiger partial charge in [0.1, 0.15) is 11.5 Å². The minimum absolute atomic E-state index is 0.232. The van der Waals surface area contributed by atoms with E-state index in [4.69, 9.17) is 4.42 Å². The molecule has 0 radical (unpaired) electrons. The van der Waals surface area contributed by atoms with E-state index in [1.165, 1.54) is 0 Å². The van der Waals surface area contributed by atoms with E-state index in [9.17, 15) is 9.90 Å². The van der Waals surface area contributed by atoms with Crippen molar-refractivity contribution in [1.82, 2.24) is 14.5 Å². The van der Waals surface area contributed by atoms with Crippen LogP contribution in [-0.4, -0.2) is 19.6 Å². The summed E-state index contributed by atoms with van der Waals surface area (Å²) < 4.78 is 7.22. The summed E-state index contributed by atoms with van der Waals surface area (Å²) in [7, 11) is 0. The van der Waals surface area contributed by atoms with Gasteiger partial charge in [-0.05, 0) is 23.3 Å². The third kappa shape index (κ3) is 4.00. The molecular formula is C21H19N3O3. The van der Waals surface area contributed by atoms with E-state index in [2.05, 4.69) is 22.1 Å². The summed E-state index contributed by atoms with van der Waals surface area (Å²) in [5.41, 5.74) is 4.04. The lowest BCUT2D eigenvalue weighted by molar-refractivity contribution is 0.471. The number of rotatable bonds is 6. The third-order valence-electron chi connectivity index (χ3n) is 4.43. The number of H-pyrrole nitrogens is 1. The molecule has 2 heterocycles. The number of nitrogens with zero attached hydrogens (tertiary/aromatic N) is 2. The molecule has 4 rings (SSSR count). The molecule has 27 heavy (non-hydrogen) atoms. The first kappa shape index (κ1) is 16.9. The highest BCUT2D eigenvalue weighted by molar-refractivity contribution is 5.30. The summed E-state index contributed by atoms with van der Waals surface area (Å²) in [5.74, 6) is 0.330. The fourth-order valence-corrected chi connectivity index (χ4v) is 3.15. The zero-order valence-electron chi connectivity index (χ0n) is 14.6. The predicted molar refractivity (Wildman–Crippen MR) is 101 cm³/mol. The Labute approximate surface area is 155 Å². The van der Waals surface area contributed by atoms with Crippen LogP contribution in [-0.2, 0) is 19.4 Å². The van der Waals surface area contributed by atoms with Gasteiger partial charge in [-0.2, -0.15) is 0 Å². The molecule has 136 valence electrons. The van der Waals surface area contributed by atoms with Gasteiger partial charge in [-0.3, -0.25) is 4.98 Å². The van der Waals surface area contributed by atoms with Crippen molar-refractivity contribution in [2.45, 2.75) is 19.4 Å². The Morgan fingerprint density at radius 3 is 2.59 bits per heavy atom. The SMILES string of the molecule is O=c1[nH]cc(Cc2c(Cc3ccccc3)ncn2Cc2cccc(O)c2)o1. The fourth-order valence-electron chi connectivity index (χ4n) is 3.15. The van der Waals surface area contributed by atoms with Crippen molar-refractivity contribution in [3.05, 3.63) is 106 Å². The molecule has 0 fully saturated rings. The summed E-state index contributed by atoms with van der Waals surface area (Å²) in [4.78, 5) is 18.5. The van der Waals surface area contributed by atoms with Gasteiger partial charge in [-0.1, -0.05) is 42.5 Å². The van der Waals surface area contributed by atoms with E-state index in [-0.39, 0.29) is 5.75 Å². The highest BCUT2D eigenvalue weighted by atomic mass is 16.4. The second-order valence-electron chi connectivity index (χ2n) is 6.42. The molecule has 4 aromatic rings. The van der Waals surface area contributed by atoms with Crippen LogP contribution in [0.1, 0.15) is 28.3 Å². The van der Waals surface area contributed by atoms with E-state index < -0.39 is 5.76 Å². The molecule has 0 bridgehead atoms. The monoisotopic (exact) mass is 361 g/mol. The number of phenols is 1. The van der Waals surface area contributed by atoms with Crippen LogP contribution in [0.3, 0.4) is 0 Å². The molecule has 0 spiro atoms. The summed E-state index contributed by atoms with van der Waals surface area (Å²) in [6.07, 6.45) is 4.53. The number of aromatic amines is 1. The lowest BCUT2D eigenvalue weighted by Gasteiger charge is -2.10. The number of nitrogens with one attached hydrogen (secondary N) is 1. The van der Waals surface area contributed by atoms with Crippen molar-refractivity contribution in [3.63, 3.8) is 0 Å². The van der Waals surface area contributed by atoms with Crippen LogP contribution in [0.15, 0.2) is 76.3 Å². The molecule has 6 nitrogen and oxygen atoms in total. The molecule has 0 unspecified atom stereocenters. The molecule has 0 aliphatic heterocycles. The van der Waals surface area contributed by atoms with Crippen LogP contribution in [0, 0.1) is 0 Å². The Morgan fingerprint density at radius 1 is 1.04 bits per heavy atom. The number of phenolic OH excluding ortho intramolecular Hbond substituents is 1. The molecule has 6 heteroatoms. The lowest BCUT2D eigenvalue weighted by atomic mass is 10.1. The number of benzene rings is 2. The Morgan fingerprint density at radius 2 is 1.85 bits per heavy atom. The van der Waals surface area contributed by atoms with Gasteiger partial charge in [-0.15, -0.1) is 0 Å². The van der Waals surface area contributed by atoms with Crippen molar-refractivity contribution < 1.29 is 9.52 Å². The van der Waals surface area contributed by atoms with Crippen molar-refractivity contribution >= 4 is 0 Å². The molecule has 0 aliphatic carbocycles. The van der Waals surface area contributed by atoms with Crippen molar-refractivity contribution in [2.24, 2.45) is 0 Å². The molecule has 0 atom stereocenters. The average molecular weight is 361 g/mol. The van der Waals surface area contributed by atoms with Crippen molar-refractivity contribution in [2.75, 3.05) is 0 Å². The molecule has 2 aromatic carbocycles. The lowest BCUT2D eigenvalue weighted by Crippen LogP contribution is -2.06. The maximum Gasteiger partial charge on any atom is 0.416 e. The number of oxazole rings is 1. The minimum Gasteiger partial charge on any atom is -0.508 e. The van der Waals surface area contributed by atoms with E-state index >= 15 is 0 Å². The van der Waals surface area contributed by atoms with Gasteiger partial charge < -0.3 is 14.1 Å². The molecule has 0 saturated carbocycles. The van der Waals surface area contributed by atoms with Gasteiger partial charge in [0.15, 0.2) is 0 Å². The standard InChI is InChI=1S/C21H19N3O3/c25-17-8-4-7-16(9-17)13-24-14-23-19(10-15-5-2-1-3-6-15)20(24)11-18-12-22-21(26)27-18/h1-9,12,14,25H,10-11,13H2,(H,22,26). The number of aromatic nitrogens is 3. The first-order valence-electron chi connectivity index (χ1n) is 8.69. The number of hydrogen-bond acceptors (Lipinski definition) is 4. The van der Waals surface area contributed by atoms with Gasteiger partial charge in [0.2, 0.25) is 0 Å². The normalized spacial score (nSPS) is 11.0. The second-order valence-corrected chi connectivity index (χ2v) is 6.42. The maximum absolute atomic E-state index is 11.3.